The number of aryl methyl sites for hydroxylation is 3. The molecule has 5 nitrogen and oxygen atoms in total. The van der Waals surface area contributed by atoms with Crippen molar-refractivity contribution < 1.29 is 4.74 Å². The van der Waals surface area contributed by atoms with Crippen LogP contribution in [0.1, 0.15) is 27.9 Å². The lowest BCUT2D eigenvalue weighted by atomic mass is 10.1. The molecule has 0 aliphatic heterocycles. The number of nitrogens with one attached hydrogen (secondary N) is 1. The second-order valence-electron chi connectivity index (χ2n) is 4.88. The van der Waals surface area contributed by atoms with Crippen LogP contribution in [0, 0.1) is 33.1 Å². The molecule has 3 N–H and O–H groups in total. The summed E-state index contributed by atoms with van der Waals surface area (Å²) in [6.07, 6.45) is 0. The van der Waals surface area contributed by atoms with E-state index < -0.39 is 0 Å². The number of ether oxygens (including phenoxy) is 1. The molecule has 0 saturated carbocycles. The lowest BCUT2D eigenvalue weighted by Gasteiger charge is -2.13. The summed E-state index contributed by atoms with van der Waals surface area (Å²) in [5, 5.41) is 15.8. The Morgan fingerprint density at radius 2 is 1.85 bits per heavy atom. The molecule has 0 spiro atoms. The molecule has 0 aliphatic rings. The van der Waals surface area contributed by atoms with Gasteiger partial charge in [0.05, 0.1) is 11.3 Å². The molecule has 2 rings (SSSR count). The van der Waals surface area contributed by atoms with E-state index in [0.29, 0.717) is 11.3 Å². The van der Waals surface area contributed by atoms with Crippen molar-refractivity contribution in [2.75, 3.05) is 0 Å². The van der Waals surface area contributed by atoms with Gasteiger partial charge in [-0.05, 0) is 50.5 Å². The predicted octanol–water partition coefficient (Wildman–Crippen LogP) is 2.79. The Labute approximate surface area is 118 Å². The van der Waals surface area contributed by atoms with Crippen LogP contribution in [0.15, 0.2) is 18.2 Å². The number of hydrogen-bond donors (Lipinski definition) is 2. The Morgan fingerprint density at radius 1 is 1.15 bits per heavy atom. The third-order valence-electron chi connectivity index (χ3n) is 3.24. The number of benzene rings is 1. The van der Waals surface area contributed by atoms with Crippen LogP contribution in [0.3, 0.4) is 0 Å². The Kier molecular flexibility index (Phi) is 3.70. The zero-order chi connectivity index (χ0) is 14.9. The van der Waals surface area contributed by atoms with E-state index in [1.165, 1.54) is 0 Å². The molecule has 0 fully saturated rings. The molecule has 1 heterocycles. The smallest absolute Gasteiger partial charge is 0.250 e. The zero-order valence-electron chi connectivity index (χ0n) is 12.1. The van der Waals surface area contributed by atoms with Gasteiger partial charge in [0, 0.05) is 0 Å². The molecule has 0 unspecified atom stereocenters. The van der Waals surface area contributed by atoms with Crippen LogP contribution in [0.2, 0.25) is 0 Å². The largest absolute Gasteiger partial charge is 0.437 e. The number of amidine groups is 1. The van der Waals surface area contributed by atoms with Crippen LogP contribution >= 0.6 is 0 Å². The molecule has 0 amide bonds. The van der Waals surface area contributed by atoms with Crippen molar-refractivity contribution >= 4 is 5.84 Å². The van der Waals surface area contributed by atoms with Gasteiger partial charge in [-0.3, -0.25) is 5.41 Å². The molecule has 0 atom stereocenters. The summed E-state index contributed by atoms with van der Waals surface area (Å²) < 4.78 is 5.82. The highest BCUT2D eigenvalue weighted by molar-refractivity contribution is 5.98. The van der Waals surface area contributed by atoms with Crippen LogP contribution < -0.4 is 10.5 Å². The maximum absolute atomic E-state index is 7.71. The second-order valence-corrected chi connectivity index (χ2v) is 4.88. The Bertz CT molecular complexity index is 680. The van der Waals surface area contributed by atoms with Gasteiger partial charge < -0.3 is 10.5 Å². The highest BCUT2D eigenvalue weighted by Crippen LogP contribution is 2.28. The van der Waals surface area contributed by atoms with E-state index in [4.69, 9.17) is 15.9 Å². The van der Waals surface area contributed by atoms with Crippen LogP contribution in [-0.4, -0.2) is 16.0 Å². The highest BCUT2D eigenvalue weighted by atomic mass is 16.5. The van der Waals surface area contributed by atoms with Crippen molar-refractivity contribution in [3.8, 4) is 11.6 Å². The molecule has 1 aromatic carbocycles. The minimum Gasteiger partial charge on any atom is -0.437 e. The number of nitrogen functional groups attached to an aromatic ring is 1. The lowest BCUT2D eigenvalue weighted by molar-refractivity contribution is 0.448. The number of rotatable bonds is 3. The van der Waals surface area contributed by atoms with Crippen molar-refractivity contribution in [3.05, 3.63) is 46.1 Å². The SMILES string of the molecule is Cc1ccc(C)c(Oc2nnc(C)c(C)c2C(=N)N)c1. The fourth-order valence-corrected chi connectivity index (χ4v) is 1.90. The summed E-state index contributed by atoms with van der Waals surface area (Å²) in [6.45, 7) is 7.63. The summed E-state index contributed by atoms with van der Waals surface area (Å²) in [5.74, 6) is 0.903. The minimum atomic E-state index is -0.0687. The maximum Gasteiger partial charge on any atom is 0.250 e. The molecule has 0 saturated heterocycles. The van der Waals surface area contributed by atoms with Gasteiger partial charge in [-0.2, -0.15) is 5.10 Å². The van der Waals surface area contributed by atoms with Crippen LogP contribution in [0.25, 0.3) is 0 Å². The molecule has 5 heteroatoms. The Hall–Kier alpha value is -2.43. The Morgan fingerprint density at radius 3 is 2.50 bits per heavy atom. The summed E-state index contributed by atoms with van der Waals surface area (Å²) in [7, 11) is 0. The normalized spacial score (nSPS) is 10.4. The van der Waals surface area contributed by atoms with Crippen LogP contribution in [0.5, 0.6) is 11.6 Å². The van der Waals surface area contributed by atoms with Crippen molar-refractivity contribution in [1.82, 2.24) is 10.2 Å². The summed E-state index contributed by atoms with van der Waals surface area (Å²) >= 11 is 0. The molecule has 20 heavy (non-hydrogen) atoms. The summed E-state index contributed by atoms with van der Waals surface area (Å²) in [4.78, 5) is 0. The number of aromatic nitrogens is 2. The van der Waals surface area contributed by atoms with E-state index in [1.54, 1.807) is 0 Å². The number of nitrogens with zero attached hydrogens (tertiary/aromatic N) is 2. The van der Waals surface area contributed by atoms with Gasteiger partial charge in [-0.15, -0.1) is 5.10 Å². The third-order valence-corrected chi connectivity index (χ3v) is 3.24. The van der Waals surface area contributed by atoms with E-state index >= 15 is 0 Å². The van der Waals surface area contributed by atoms with Crippen LogP contribution in [0.4, 0.5) is 0 Å². The maximum atomic E-state index is 7.71. The van der Waals surface area contributed by atoms with Crippen LogP contribution in [-0.2, 0) is 0 Å². The topological polar surface area (TPSA) is 84.9 Å². The first kappa shape index (κ1) is 14.0. The van der Waals surface area contributed by atoms with Gasteiger partial charge in [0.25, 0.3) is 0 Å². The van der Waals surface area contributed by atoms with E-state index in [2.05, 4.69) is 10.2 Å². The molecular formula is C15H18N4O. The van der Waals surface area contributed by atoms with Gasteiger partial charge in [-0.1, -0.05) is 12.1 Å². The molecule has 104 valence electrons. The summed E-state index contributed by atoms with van der Waals surface area (Å²) in [5.41, 5.74) is 9.77. The first-order valence-electron chi connectivity index (χ1n) is 6.33. The second kappa shape index (κ2) is 5.28. The van der Waals surface area contributed by atoms with Gasteiger partial charge in [-0.25, -0.2) is 0 Å². The molecule has 0 aliphatic carbocycles. The van der Waals surface area contributed by atoms with Crippen molar-refractivity contribution in [2.24, 2.45) is 5.73 Å². The summed E-state index contributed by atoms with van der Waals surface area (Å²) in [6, 6.07) is 5.92. The standard InChI is InChI=1S/C15H18N4O/c1-8-5-6-9(2)12(7-8)20-15-13(14(16)17)10(3)11(4)18-19-15/h5-7H,1-4H3,(H3,16,17). The van der Waals surface area contributed by atoms with E-state index in [1.807, 2.05) is 45.9 Å². The van der Waals surface area contributed by atoms with Crippen molar-refractivity contribution in [3.63, 3.8) is 0 Å². The lowest BCUT2D eigenvalue weighted by Crippen LogP contribution is -2.16. The molecular weight excluding hydrogens is 252 g/mol. The zero-order valence-corrected chi connectivity index (χ0v) is 12.1. The van der Waals surface area contributed by atoms with E-state index in [-0.39, 0.29) is 11.7 Å². The minimum absolute atomic E-state index is 0.0687. The van der Waals surface area contributed by atoms with Gasteiger partial charge >= 0.3 is 0 Å². The van der Waals surface area contributed by atoms with Gasteiger partial charge in [0.1, 0.15) is 11.6 Å². The van der Waals surface area contributed by atoms with Gasteiger partial charge in [0.2, 0.25) is 5.88 Å². The van der Waals surface area contributed by atoms with E-state index in [0.717, 1.165) is 22.4 Å². The molecule has 2 aromatic rings. The highest BCUT2D eigenvalue weighted by Gasteiger charge is 2.16. The van der Waals surface area contributed by atoms with Crippen molar-refractivity contribution in [2.45, 2.75) is 27.7 Å². The van der Waals surface area contributed by atoms with Crippen molar-refractivity contribution in [1.29, 1.82) is 5.41 Å². The monoisotopic (exact) mass is 270 g/mol. The molecule has 1 aromatic heterocycles. The first-order chi connectivity index (χ1) is 9.40. The third kappa shape index (κ3) is 2.61. The Balaban J connectivity index is 2.51. The number of nitrogens with two attached hydrogens (primary N) is 1. The van der Waals surface area contributed by atoms with Gasteiger partial charge in [0.15, 0.2) is 0 Å². The quantitative estimate of drug-likeness (QED) is 0.663. The fraction of sp³-hybridized carbons (Fsp3) is 0.267. The molecule has 0 bridgehead atoms. The fourth-order valence-electron chi connectivity index (χ4n) is 1.90. The number of hydrogen-bond acceptors (Lipinski definition) is 4. The average Bonchev–Trinajstić information content (AvgIpc) is 2.38. The average molecular weight is 270 g/mol. The molecule has 0 radical (unpaired) electrons. The van der Waals surface area contributed by atoms with E-state index in [9.17, 15) is 0 Å². The predicted molar refractivity (Wildman–Crippen MR) is 78.5 cm³/mol. The first-order valence-corrected chi connectivity index (χ1v) is 6.33.